The molecule has 0 aliphatic heterocycles. The molecule has 0 unspecified atom stereocenters. The molecule has 0 fully saturated rings. The van der Waals surface area contributed by atoms with Crippen LogP contribution in [0.4, 0.5) is 23.7 Å². The summed E-state index contributed by atoms with van der Waals surface area (Å²) in [5, 5.41) is 10.8. The fourth-order valence-electron chi connectivity index (χ4n) is 1.31. The van der Waals surface area contributed by atoms with Gasteiger partial charge in [0.2, 0.25) is 0 Å². The van der Waals surface area contributed by atoms with Crippen molar-refractivity contribution in [1.29, 1.82) is 0 Å². The number of hydrogen-bond acceptors (Lipinski definition) is 2. The lowest BCUT2D eigenvalue weighted by Crippen LogP contribution is -2.44. The summed E-state index contributed by atoms with van der Waals surface area (Å²) in [7, 11) is 0. The van der Waals surface area contributed by atoms with Gasteiger partial charge in [-0.15, -0.1) is 0 Å². The number of amides is 2. The van der Waals surface area contributed by atoms with Crippen LogP contribution in [0.25, 0.3) is 0 Å². The molecule has 1 rings (SSSR count). The Morgan fingerprint density at radius 2 is 1.80 bits per heavy atom. The maximum Gasteiger partial charge on any atom is 0.406 e. The molecule has 0 heterocycles. The highest BCUT2D eigenvalue weighted by Crippen LogP contribution is 2.18. The van der Waals surface area contributed by atoms with Crippen LogP contribution in [0.3, 0.4) is 0 Å². The number of carbonyl (C=O) groups is 2. The van der Waals surface area contributed by atoms with Crippen molar-refractivity contribution in [3.63, 3.8) is 0 Å². The number of aliphatic carboxylic acids is 1. The van der Waals surface area contributed by atoms with Crippen LogP contribution in [0.1, 0.15) is 0 Å². The number of anilines is 1. The van der Waals surface area contributed by atoms with Gasteiger partial charge in [0.25, 0.3) is 0 Å². The van der Waals surface area contributed by atoms with E-state index in [1.165, 1.54) is 12.1 Å². The van der Waals surface area contributed by atoms with E-state index < -0.39 is 31.3 Å². The number of urea groups is 1. The van der Waals surface area contributed by atoms with Crippen LogP contribution in [0.2, 0.25) is 0 Å². The Labute approximate surface area is 125 Å². The molecule has 9 heteroatoms. The third-order valence-electron chi connectivity index (χ3n) is 2.08. The first kappa shape index (κ1) is 16.5. The quantitative estimate of drug-likeness (QED) is 0.762. The summed E-state index contributed by atoms with van der Waals surface area (Å²) in [5.74, 6) is -1.52. The molecule has 0 aromatic heterocycles. The van der Waals surface area contributed by atoms with E-state index in [-0.39, 0.29) is 10.6 Å². The van der Waals surface area contributed by atoms with Gasteiger partial charge in [-0.05, 0) is 46.9 Å². The van der Waals surface area contributed by atoms with Gasteiger partial charge in [-0.25, -0.2) is 4.79 Å². The number of nitrogens with one attached hydrogen (secondary N) is 1. The molecule has 0 atom stereocenters. The second-order valence-electron chi connectivity index (χ2n) is 3.80. The number of carbonyl (C=O) groups excluding carboxylic acids is 1. The molecule has 0 bridgehead atoms. The summed E-state index contributed by atoms with van der Waals surface area (Å²) in [5.41, 5.74) is 0.285. The lowest BCUT2D eigenvalue weighted by atomic mass is 10.3. The Morgan fingerprint density at radius 1 is 1.25 bits per heavy atom. The largest absolute Gasteiger partial charge is 0.480 e. The number of rotatable bonds is 4. The fourth-order valence-corrected chi connectivity index (χ4v) is 1.67. The van der Waals surface area contributed by atoms with Crippen LogP contribution in [0.15, 0.2) is 24.3 Å². The minimum Gasteiger partial charge on any atom is -0.480 e. The third kappa shape index (κ3) is 6.08. The maximum absolute atomic E-state index is 12.3. The number of carboxylic acid groups (broad SMARTS) is 1. The van der Waals surface area contributed by atoms with E-state index in [1.54, 1.807) is 12.1 Å². The number of carboxylic acids is 1. The highest BCUT2D eigenvalue weighted by atomic mass is 127. The summed E-state index contributed by atoms with van der Waals surface area (Å²) < 4.78 is 37.8. The monoisotopic (exact) mass is 402 g/mol. The molecule has 0 radical (unpaired) electrons. The second kappa shape index (κ2) is 6.77. The Hall–Kier alpha value is -1.52. The van der Waals surface area contributed by atoms with E-state index in [1.807, 2.05) is 22.6 Å². The topological polar surface area (TPSA) is 69.6 Å². The zero-order valence-electron chi connectivity index (χ0n) is 9.95. The van der Waals surface area contributed by atoms with E-state index >= 15 is 0 Å². The van der Waals surface area contributed by atoms with Crippen LogP contribution in [-0.2, 0) is 4.79 Å². The van der Waals surface area contributed by atoms with E-state index in [0.29, 0.717) is 0 Å². The minimum atomic E-state index is -4.67. The predicted octanol–water partition coefficient (Wildman–Crippen LogP) is 2.77. The molecule has 1 aromatic rings. The van der Waals surface area contributed by atoms with Gasteiger partial charge in [-0.1, -0.05) is 0 Å². The van der Waals surface area contributed by atoms with Crippen molar-refractivity contribution in [3.8, 4) is 0 Å². The van der Waals surface area contributed by atoms with Crippen molar-refractivity contribution in [3.05, 3.63) is 27.8 Å². The Balaban J connectivity index is 2.76. The summed E-state index contributed by atoms with van der Waals surface area (Å²) >= 11 is 2.03. The molecule has 2 N–H and O–H groups in total. The summed E-state index contributed by atoms with van der Waals surface area (Å²) in [4.78, 5) is 22.3. The van der Waals surface area contributed by atoms with Crippen LogP contribution in [0, 0.1) is 3.57 Å². The van der Waals surface area contributed by atoms with E-state index in [2.05, 4.69) is 5.32 Å². The average molecular weight is 402 g/mol. The molecule has 0 aliphatic rings. The van der Waals surface area contributed by atoms with Gasteiger partial charge in [0.1, 0.15) is 13.1 Å². The highest BCUT2D eigenvalue weighted by molar-refractivity contribution is 14.1. The fraction of sp³-hybridized carbons (Fsp3) is 0.273. The molecule has 0 aliphatic carbocycles. The predicted molar refractivity (Wildman–Crippen MR) is 73.4 cm³/mol. The molecule has 110 valence electrons. The SMILES string of the molecule is O=C(O)CN(CC(F)(F)F)C(=O)Nc1ccc(I)cc1. The van der Waals surface area contributed by atoms with E-state index in [0.717, 1.165) is 3.57 Å². The molecule has 5 nitrogen and oxygen atoms in total. The summed E-state index contributed by atoms with van der Waals surface area (Å²) in [6.45, 7) is -2.66. The van der Waals surface area contributed by atoms with Crippen LogP contribution in [0.5, 0.6) is 0 Å². The van der Waals surface area contributed by atoms with Crippen molar-refractivity contribution in [2.45, 2.75) is 6.18 Å². The Bertz CT molecular complexity index is 491. The maximum atomic E-state index is 12.3. The number of alkyl halides is 3. The lowest BCUT2D eigenvalue weighted by Gasteiger charge is -2.22. The zero-order chi connectivity index (χ0) is 15.3. The number of halogens is 4. The smallest absolute Gasteiger partial charge is 0.406 e. The van der Waals surface area contributed by atoms with Gasteiger partial charge in [0, 0.05) is 9.26 Å². The van der Waals surface area contributed by atoms with Crippen molar-refractivity contribution < 1.29 is 27.9 Å². The molecule has 1 aromatic carbocycles. The normalized spacial score (nSPS) is 11.0. The van der Waals surface area contributed by atoms with Gasteiger partial charge < -0.3 is 15.3 Å². The Morgan fingerprint density at radius 3 is 2.25 bits per heavy atom. The summed E-state index contributed by atoms with van der Waals surface area (Å²) in [6, 6.07) is 5.20. The lowest BCUT2D eigenvalue weighted by molar-refractivity contribution is -0.148. The van der Waals surface area contributed by atoms with Crippen molar-refractivity contribution in [1.82, 2.24) is 4.90 Å². The van der Waals surface area contributed by atoms with Gasteiger partial charge in [-0.2, -0.15) is 13.2 Å². The van der Waals surface area contributed by atoms with Crippen molar-refractivity contribution in [2.75, 3.05) is 18.4 Å². The van der Waals surface area contributed by atoms with E-state index in [9.17, 15) is 22.8 Å². The first-order chi connectivity index (χ1) is 9.17. The van der Waals surface area contributed by atoms with Crippen LogP contribution < -0.4 is 5.32 Å². The molecule has 2 amide bonds. The van der Waals surface area contributed by atoms with Gasteiger partial charge >= 0.3 is 18.2 Å². The van der Waals surface area contributed by atoms with Crippen molar-refractivity contribution in [2.24, 2.45) is 0 Å². The average Bonchev–Trinajstić information content (AvgIpc) is 2.29. The van der Waals surface area contributed by atoms with Gasteiger partial charge in [-0.3, -0.25) is 4.79 Å². The third-order valence-corrected chi connectivity index (χ3v) is 2.80. The molecule has 0 saturated carbocycles. The molecular formula is C11H10F3IN2O3. The van der Waals surface area contributed by atoms with E-state index in [4.69, 9.17) is 5.11 Å². The van der Waals surface area contributed by atoms with Crippen LogP contribution >= 0.6 is 22.6 Å². The Kier molecular flexibility index (Phi) is 5.60. The second-order valence-corrected chi connectivity index (χ2v) is 5.05. The molecular weight excluding hydrogens is 392 g/mol. The van der Waals surface area contributed by atoms with Gasteiger partial charge in [0.05, 0.1) is 0 Å². The first-order valence-corrected chi connectivity index (χ1v) is 6.35. The number of hydrogen-bond donors (Lipinski definition) is 2. The number of nitrogens with zero attached hydrogens (tertiary/aromatic N) is 1. The minimum absolute atomic E-state index is 0.181. The molecule has 20 heavy (non-hydrogen) atoms. The highest BCUT2D eigenvalue weighted by Gasteiger charge is 2.34. The standard InChI is InChI=1S/C11H10F3IN2O3/c12-11(13,14)6-17(5-9(18)19)10(20)16-8-3-1-7(15)2-4-8/h1-4H,5-6H2,(H,16,20)(H,18,19). The molecule has 0 saturated heterocycles. The summed E-state index contributed by atoms with van der Waals surface area (Å²) in [6.07, 6.45) is -4.67. The van der Waals surface area contributed by atoms with Gasteiger partial charge in [0.15, 0.2) is 0 Å². The number of benzene rings is 1. The first-order valence-electron chi connectivity index (χ1n) is 5.27. The molecule has 0 spiro atoms. The van der Waals surface area contributed by atoms with Crippen molar-refractivity contribution >= 4 is 40.3 Å². The van der Waals surface area contributed by atoms with Crippen LogP contribution in [-0.4, -0.2) is 41.3 Å². The zero-order valence-corrected chi connectivity index (χ0v) is 12.1.